The van der Waals surface area contributed by atoms with Crippen LogP contribution in [0.25, 0.3) is 0 Å². The summed E-state index contributed by atoms with van der Waals surface area (Å²) in [6.45, 7) is 3.06. The molecule has 1 N–H and O–H groups in total. The molecule has 0 bridgehead atoms. The molecule has 0 saturated carbocycles. The van der Waals surface area contributed by atoms with E-state index in [4.69, 9.17) is 4.74 Å². The predicted molar refractivity (Wildman–Crippen MR) is 64.2 cm³/mol. The smallest absolute Gasteiger partial charge is 0.254 e. The van der Waals surface area contributed by atoms with Gasteiger partial charge in [0.25, 0.3) is 5.91 Å². The molecule has 4 nitrogen and oxygen atoms in total. The van der Waals surface area contributed by atoms with Gasteiger partial charge >= 0.3 is 0 Å². The van der Waals surface area contributed by atoms with Gasteiger partial charge in [-0.25, -0.2) is 0 Å². The summed E-state index contributed by atoms with van der Waals surface area (Å²) in [5, 5.41) is 9.60. The number of likely N-dealkylation sites (N-methyl/N-ethyl adjacent to an activating group) is 1. The molecule has 1 aliphatic rings. The number of aromatic hydroxyl groups is 1. The van der Waals surface area contributed by atoms with Gasteiger partial charge in [-0.3, -0.25) is 4.79 Å². The second-order valence-corrected chi connectivity index (χ2v) is 4.38. The Morgan fingerprint density at radius 3 is 2.94 bits per heavy atom. The molecule has 1 unspecified atom stereocenters. The van der Waals surface area contributed by atoms with E-state index in [0.717, 1.165) is 6.42 Å². The molecule has 2 rings (SSSR count). The van der Waals surface area contributed by atoms with Crippen molar-refractivity contribution < 1.29 is 14.6 Å². The Balaban J connectivity index is 2.21. The number of rotatable bonds is 2. The fourth-order valence-electron chi connectivity index (χ4n) is 2.04. The highest BCUT2D eigenvalue weighted by Gasteiger charge is 2.25. The van der Waals surface area contributed by atoms with Crippen LogP contribution in [0.2, 0.25) is 0 Å². The number of hydrogen-bond donors (Lipinski definition) is 1. The molecular formula is C13H17NO3. The minimum absolute atomic E-state index is 0.0612. The summed E-state index contributed by atoms with van der Waals surface area (Å²) in [5.41, 5.74) is 1.18. The molecule has 1 fully saturated rings. The molecule has 1 aliphatic heterocycles. The fourth-order valence-corrected chi connectivity index (χ4v) is 2.04. The van der Waals surface area contributed by atoms with E-state index in [1.54, 1.807) is 37.1 Å². The Labute approximate surface area is 101 Å². The second kappa shape index (κ2) is 4.75. The van der Waals surface area contributed by atoms with Crippen LogP contribution in [0.1, 0.15) is 22.3 Å². The van der Waals surface area contributed by atoms with E-state index in [0.29, 0.717) is 24.3 Å². The lowest BCUT2D eigenvalue weighted by Gasteiger charge is -2.24. The third-order valence-electron chi connectivity index (χ3n) is 3.31. The van der Waals surface area contributed by atoms with Gasteiger partial charge in [-0.1, -0.05) is 6.07 Å². The average Bonchev–Trinajstić information content (AvgIpc) is 2.84. The number of hydrogen-bond acceptors (Lipinski definition) is 3. The van der Waals surface area contributed by atoms with Gasteiger partial charge in [-0.05, 0) is 25.5 Å². The van der Waals surface area contributed by atoms with Crippen molar-refractivity contribution in [2.45, 2.75) is 19.4 Å². The summed E-state index contributed by atoms with van der Waals surface area (Å²) < 4.78 is 5.27. The van der Waals surface area contributed by atoms with Crippen LogP contribution in [0.3, 0.4) is 0 Å². The Morgan fingerprint density at radius 2 is 2.29 bits per heavy atom. The van der Waals surface area contributed by atoms with E-state index in [2.05, 4.69) is 0 Å². The summed E-state index contributed by atoms with van der Waals surface area (Å²) in [4.78, 5) is 14.0. The largest absolute Gasteiger partial charge is 0.508 e. The highest BCUT2D eigenvalue weighted by atomic mass is 16.5. The number of phenolic OH excluding ortho intramolecular Hbond substituents is 1. The summed E-state index contributed by atoms with van der Waals surface area (Å²) in [6, 6.07) is 5.16. The first-order valence-corrected chi connectivity index (χ1v) is 5.74. The number of nitrogens with zero attached hydrogens (tertiary/aromatic N) is 1. The molecule has 1 aromatic carbocycles. The molecule has 0 radical (unpaired) electrons. The topological polar surface area (TPSA) is 49.8 Å². The van der Waals surface area contributed by atoms with Crippen LogP contribution in [0.15, 0.2) is 18.2 Å². The summed E-state index contributed by atoms with van der Waals surface area (Å²) >= 11 is 0. The summed E-state index contributed by atoms with van der Waals surface area (Å²) in [5.74, 6) is 0.0980. The number of phenols is 1. The minimum Gasteiger partial charge on any atom is -0.508 e. The fraction of sp³-hybridized carbons (Fsp3) is 0.462. The molecule has 4 heteroatoms. The maximum absolute atomic E-state index is 12.3. The summed E-state index contributed by atoms with van der Waals surface area (Å²) in [7, 11) is 1.78. The molecular weight excluding hydrogens is 218 g/mol. The van der Waals surface area contributed by atoms with Crippen LogP contribution >= 0.6 is 0 Å². The van der Waals surface area contributed by atoms with Crippen molar-refractivity contribution in [2.75, 3.05) is 20.3 Å². The second-order valence-electron chi connectivity index (χ2n) is 4.38. The lowest BCUT2D eigenvalue weighted by Crippen LogP contribution is -2.37. The number of amides is 1. The van der Waals surface area contributed by atoms with E-state index in [1.165, 1.54) is 0 Å². The third kappa shape index (κ3) is 2.26. The molecule has 1 saturated heterocycles. The van der Waals surface area contributed by atoms with Crippen molar-refractivity contribution in [1.29, 1.82) is 0 Å². The van der Waals surface area contributed by atoms with Gasteiger partial charge in [0.15, 0.2) is 0 Å². The van der Waals surface area contributed by atoms with Crippen molar-refractivity contribution in [3.05, 3.63) is 29.3 Å². The van der Waals surface area contributed by atoms with Gasteiger partial charge in [0.05, 0.1) is 12.6 Å². The molecule has 1 aromatic rings. The van der Waals surface area contributed by atoms with Gasteiger partial charge in [0.2, 0.25) is 0 Å². The zero-order valence-electron chi connectivity index (χ0n) is 10.1. The van der Waals surface area contributed by atoms with Gasteiger partial charge in [0.1, 0.15) is 5.75 Å². The van der Waals surface area contributed by atoms with Gasteiger partial charge in [-0.2, -0.15) is 0 Å². The monoisotopic (exact) mass is 235 g/mol. The SMILES string of the molecule is Cc1c(O)cccc1C(=O)N(C)C1CCOC1. The van der Waals surface area contributed by atoms with Crippen molar-refractivity contribution in [3.8, 4) is 5.75 Å². The Kier molecular flexibility index (Phi) is 3.33. The molecule has 17 heavy (non-hydrogen) atoms. The van der Waals surface area contributed by atoms with Crippen LogP contribution < -0.4 is 0 Å². The van der Waals surface area contributed by atoms with Gasteiger partial charge in [0, 0.05) is 24.8 Å². The summed E-state index contributed by atoms with van der Waals surface area (Å²) in [6.07, 6.45) is 0.875. The van der Waals surface area contributed by atoms with Crippen molar-refractivity contribution in [3.63, 3.8) is 0 Å². The standard InChI is InChI=1S/C13H17NO3/c1-9-11(4-3-5-12(9)15)13(16)14(2)10-6-7-17-8-10/h3-5,10,15H,6-8H2,1-2H3. The first-order chi connectivity index (χ1) is 8.11. The maximum Gasteiger partial charge on any atom is 0.254 e. The van der Waals surface area contributed by atoms with Crippen LogP contribution in [0.5, 0.6) is 5.75 Å². The first-order valence-electron chi connectivity index (χ1n) is 5.74. The van der Waals surface area contributed by atoms with Crippen molar-refractivity contribution >= 4 is 5.91 Å². The molecule has 1 amide bonds. The highest BCUT2D eigenvalue weighted by Crippen LogP contribution is 2.22. The maximum atomic E-state index is 12.3. The Bertz CT molecular complexity index is 425. The molecule has 0 aromatic heterocycles. The van der Waals surface area contributed by atoms with Crippen molar-refractivity contribution in [2.24, 2.45) is 0 Å². The van der Waals surface area contributed by atoms with Gasteiger partial charge in [-0.15, -0.1) is 0 Å². The Hall–Kier alpha value is -1.55. The first kappa shape index (κ1) is 11.9. The van der Waals surface area contributed by atoms with Crippen LogP contribution in [0, 0.1) is 6.92 Å². The lowest BCUT2D eigenvalue weighted by molar-refractivity contribution is 0.0710. The van der Waals surface area contributed by atoms with E-state index >= 15 is 0 Å². The van der Waals surface area contributed by atoms with Crippen molar-refractivity contribution in [1.82, 2.24) is 4.90 Å². The number of carbonyl (C=O) groups is 1. The predicted octanol–water partition coefficient (Wildman–Crippen LogP) is 1.56. The molecule has 0 aliphatic carbocycles. The van der Waals surface area contributed by atoms with E-state index in [-0.39, 0.29) is 17.7 Å². The Morgan fingerprint density at radius 1 is 1.53 bits per heavy atom. The lowest BCUT2D eigenvalue weighted by atomic mass is 10.1. The third-order valence-corrected chi connectivity index (χ3v) is 3.31. The molecule has 1 atom stereocenters. The quantitative estimate of drug-likeness (QED) is 0.846. The minimum atomic E-state index is -0.0612. The van der Waals surface area contributed by atoms with E-state index < -0.39 is 0 Å². The number of benzene rings is 1. The molecule has 92 valence electrons. The van der Waals surface area contributed by atoms with Crippen LogP contribution in [-0.2, 0) is 4.74 Å². The zero-order valence-corrected chi connectivity index (χ0v) is 10.1. The zero-order chi connectivity index (χ0) is 12.4. The highest BCUT2D eigenvalue weighted by molar-refractivity contribution is 5.96. The normalized spacial score (nSPS) is 19.3. The van der Waals surface area contributed by atoms with E-state index in [9.17, 15) is 9.90 Å². The molecule has 1 heterocycles. The van der Waals surface area contributed by atoms with Crippen LogP contribution in [0.4, 0.5) is 0 Å². The molecule has 0 spiro atoms. The van der Waals surface area contributed by atoms with Gasteiger partial charge < -0.3 is 14.7 Å². The average molecular weight is 235 g/mol. The number of ether oxygens (including phenoxy) is 1. The van der Waals surface area contributed by atoms with E-state index in [1.807, 2.05) is 0 Å². The van der Waals surface area contributed by atoms with Crippen LogP contribution in [-0.4, -0.2) is 42.2 Å². The number of carbonyl (C=O) groups excluding carboxylic acids is 1.